The Morgan fingerprint density at radius 1 is 1.32 bits per heavy atom. The molecule has 0 radical (unpaired) electrons. The first-order valence-corrected chi connectivity index (χ1v) is 8.96. The predicted octanol–water partition coefficient (Wildman–Crippen LogP) is 3.05. The second-order valence-electron chi connectivity index (χ2n) is 6.98. The summed E-state index contributed by atoms with van der Waals surface area (Å²) in [5.41, 5.74) is 0.722. The highest BCUT2D eigenvalue weighted by Gasteiger charge is 2.31. The molecule has 1 saturated heterocycles. The van der Waals surface area contributed by atoms with Gasteiger partial charge in [-0.05, 0) is 44.4 Å². The highest BCUT2D eigenvalue weighted by molar-refractivity contribution is 5.98. The van der Waals surface area contributed by atoms with Crippen molar-refractivity contribution in [2.24, 2.45) is 5.92 Å². The minimum absolute atomic E-state index is 0.00619. The van der Waals surface area contributed by atoms with Gasteiger partial charge in [-0.1, -0.05) is 12.1 Å². The van der Waals surface area contributed by atoms with E-state index in [-0.39, 0.29) is 11.7 Å². The lowest BCUT2D eigenvalue weighted by Crippen LogP contribution is -2.38. The quantitative estimate of drug-likeness (QED) is 0.752. The highest BCUT2D eigenvalue weighted by Crippen LogP contribution is 2.39. The van der Waals surface area contributed by atoms with E-state index in [2.05, 4.69) is 15.1 Å². The van der Waals surface area contributed by atoms with E-state index in [4.69, 9.17) is 9.15 Å². The molecule has 0 amide bonds. The molecule has 1 aromatic carbocycles. The van der Waals surface area contributed by atoms with Crippen molar-refractivity contribution in [2.45, 2.75) is 38.1 Å². The first-order chi connectivity index (χ1) is 12.2. The standard InChI is InChI=1S/C19H23N3O3/c1-24-16-6-2-4-14(10-16)18(23)15-5-3-9-22(11-15)12-17-20-21-19(25-17)13-7-8-13/h2,4,6,10,13,15H,3,5,7-9,11-12H2,1H3. The summed E-state index contributed by atoms with van der Waals surface area (Å²) in [6, 6.07) is 7.41. The van der Waals surface area contributed by atoms with Crippen LogP contribution in [-0.4, -0.2) is 41.1 Å². The Bertz CT molecular complexity index is 754. The third-order valence-corrected chi connectivity index (χ3v) is 5.00. The summed E-state index contributed by atoms with van der Waals surface area (Å²) in [5, 5.41) is 8.30. The topological polar surface area (TPSA) is 68.5 Å². The zero-order valence-electron chi connectivity index (χ0n) is 14.5. The van der Waals surface area contributed by atoms with Crippen LogP contribution < -0.4 is 4.74 Å². The Morgan fingerprint density at radius 2 is 2.20 bits per heavy atom. The van der Waals surface area contributed by atoms with Crippen LogP contribution in [0.4, 0.5) is 0 Å². The molecule has 25 heavy (non-hydrogen) atoms. The summed E-state index contributed by atoms with van der Waals surface area (Å²) < 4.78 is 11.0. The summed E-state index contributed by atoms with van der Waals surface area (Å²) in [4.78, 5) is 15.1. The summed E-state index contributed by atoms with van der Waals surface area (Å²) in [6.45, 7) is 2.32. The lowest BCUT2D eigenvalue weighted by atomic mass is 9.90. The molecule has 1 aliphatic heterocycles. The summed E-state index contributed by atoms with van der Waals surface area (Å²) in [6.07, 6.45) is 4.23. The van der Waals surface area contributed by atoms with Crippen LogP contribution in [0, 0.1) is 5.92 Å². The van der Waals surface area contributed by atoms with E-state index in [0.717, 1.165) is 56.0 Å². The van der Waals surface area contributed by atoms with Crippen molar-refractivity contribution in [1.29, 1.82) is 0 Å². The number of aromatic nitrogens is 2. The number of nitrogens with zero attached hydrogens (tertiary/aromatic N) is 3. The molecule has 1 unspecified atom stereocenters. The molecule has 1 saturated carbocycles. The molecule has 6 nitrogen and oxygen atoms in total. The van der Waals surface area contributed by atoms with Gasteiger partial charge in [0.15, 0.2) is 5.78 Å². The molecule has 2 heterocycles. The first kappa shape index (κ1) is 16.3. The molecule has 0 N–H and O–H groups in total. The van der Waals surface area contributed by atoms with Crippen LogP contribution in [0.2, 0.25) is 0 Å². The fraction of sp³-hybridized carbons (Fsp3) is 0.526. The second-order valence-corrected chi connectivity index (χ2v) is 6.98. The van der Waals surface area contributed by atoms with Gasteiger partial charge in [0.05, 0.1) is 13.7 Å². The van der Waals surface area contributed by atoms with E-state index in [0.29, 0.717) is 18.4 Å². The normalized spacial score (nSPS) is 21.2. The van der Waals surface area contributed by atoms with E-state index in [1.807, 2.05) is 24.3 Å². The number of likely N-dealkylation sites (tertiary alicyclic amines) is 1. The minimum atomic E-state index is 0.00619. The van der Waals surface area contributed by atoms with Crippen molar-refractivity contribution in [1.82, 2.24) is 15.1 Å². The van der Waals surface area contributed by atoms with E-state index in [9.17, 15) is 4.79 Å². The number of carbonyl (C=O) groups is 1. The maximum Gasteiger partial charge on any atom is 0.230 e. The maximum atomic E-state index is 12.8. The van der Waals surface area contributed by atoms with Crippen LogP contribution in [-0.2, 0) is 6.54 Å². The van der Waals surface area contributed by atoms with Crippen LogP contribution in [0.5, 0.6) is 5.75 Å². The van der Waals surface area contributed by atoms with Crippen molar-refractivity contribution < 1.29 is 13.9 Å². The molecule has 1 aromatic heterocycles. The Hall–Kier alpha value is -2.21. The number of ketones is 1. The molecule has 2 aromatic rings. The van der Waals surface area contributed by atoms with Crippen molar-refractivity contribution in [3.8, 4) is 5.75 Å². The number of carbonyl (C=O) groups excluding carboxylic acids is 1. The van der Waals surface area contributed by atoms with Crippen LogP contribution >= 0.6 is 0 Å². The van der Waals surface area contributed by atoms with Gasteiger partial charge in [-0.2, -0.15) is 0 Å². The molecule has 1 aliphatic carbocycles. The molecular formula is C19H23N3O3. The van der Waals surface area contributed by atoms with Gasteiger partial charge in [0.25, 0.3) is 0 Å². The number of benzene rings is 1. The van der Waals surface area contributed by atoms with Gasteiger partial charge in [-0.25, -0.2) is 0 Å². The average molecular weight is 341 g/mol. The molecule has 0 bridgehead atoms. The SMILES string of the molecule is COc1cccc(C(=O)C2CCCN(Cc3nnc(C4CC4)o3)C2)c1. The van der Waals surface area contributed by atoms with Crippen molar-refractivity contribution in [3.63, 3.8) is 0 Å². The number of Topliss-reactive ketones (excluding diaryl/α,β-unsaturated/α-hetero) is 1. The Kier molecular flexibility index (Phi) is 4.53. The summed E-state index contributed by atoms with van der Waals surface area (Å²) in [5.74, 6) is 2.83. The van der Waals surface area contributed by atoms with Crippen molar-refractivity contribution >= 4 is 5.78 Å². The molecule has 2 fully saturated rings. The van der Waals surface area contributed by atoms with Crippen LogP contribution in [0.15, 0.2) is 28.7 Å². The predicted molar refractivity (Wildman–Crippen MR) is 91.6 cm³/mol. The number of ether oxygens (including phenoxy) is 1. The average Bonchev–Trinajstić information content (AvgIpc) is 3.41. The van der Waals surface area contributed by atoms with Crippen LogP contribution in [0.3, 0.4) is 0 Å². The number of piperidine rings is 1. The Morgan fingerprint density at radius 3 is 3.00 bits per heavy atom. The van der Waals surface area contributed by atoms with Crippen LogP contribution in [0.1, 0.15) is 53.7 Å². The lowest BCUT2D eigenvalue weighted by molar-refractivity contribution is 0.0799. The van der Waals surface area contributed by atoms with Crippen molar-refractivity contribution in [3.05, 3.63) is 41.6 Å². The second kappa shape index (κ2) is 6.96. The first-order valence-electron chi connectivity index (χ1n) is 8.96. The van der Waals surface area contributed by atoms with Gasteiger partial charge < -0.3 is 9.15 Å². The fourth-order valence-electron chi connectivity index (χ4n) is 3.44. The molecular weight excluding hydrogens is 318 g/mol. The molecule has 4 rings (SSSR count). The third kappa shape index (κ3) is 3.74. The summed E-state index contributed by atoms with van der Waals surface area (Å²) in [7, 11) is 1.62. The van der Waals surface area contributed by atoms with E-state index in [1.54, 1.807) is 7.11 Å². The zero-order valence-corrected chi connectivity index (χ0v) is 14.5. The number of hydrogen-bond donors (Lipinski definition) is 0. The molecule has 2 aliphatic rings. The smallest absolute Gasteiger partial charge is 0.230 e. The Labute approximate surface area is 147 Å². The number of hydrogen-bond acceptors (Lipinski definition) is 6. The maximum absolute atomic E-state index is 12.8. The molecule has 132 valence electrons. The number of methoxy groups -OCH3 is 1. The lowest BCUT2D eigenvalue weighted by Gasteiger charge is -2.30. The van der Waals surface area contributed by atoms with Gasteiger partial charge in [-0.3, -0.25) is 9.69 Å². The Balaban J connectivity index is 1.40. The van der Waals surface area contributed by atoms with Gasteiger partial charge in [-0.15, -0.1) is 10.2 Å². The minimum Gasteiger partial charge on any atom is -0.497 e. The van der Waals surface area contributed by atoms with Gasteiger partial charge in [0.1, 0.15) is 5.75 Å². The molecule has 1 atom stereocenters. The monoisotopic (exact) mass is 341 g/mol. The molecule has 0 spiro atoms. The van der Waals surface area contributed by atoms with E-state index in [1.165, 1.54) is 0 Å². The highest BCUT2D eigenvalue weighted by atomic mass is 16.5. The van der Waals surface area contributed by atoms with Gasteiger partial charge >= 0.3 is 0 Å². The van der Waals surface area contributed by atoms with Crippen molar-refractivity contribution in [2.75, 3.05) is 20.2 Å². The number of rotatable bonds is 6. The van der Waals surface area contributed by atoms with Crippen LogP contribution in [0.25, 0.3) is 0 Å². The van der Waals surface area contributed by atoms with Gasteiger partial charge in [0.2, 0.25) is 11.8 Å². The molecule has 6 heteroatoms. The van der Waals surface area contributed by atoms with E-state index < -0.39 is 0 Å². The fourth-order valence-corrected chi connectivity index (χ4v) is 3.44. The summed E-state index contributed by atoms with van der Waals surface area (Å²) >= 11 is 0. The van der Waals surface area contributed by atoms with Gasteiger partial charge in [0, 0.05) is 23.9 Å². The largest absolute Gasteiger partial charge is 0.497 e. The van der Waals surface area contributed by atoms with E-state index >= 15 is 0 Å². The zero-order chi connectivity index (χ0) is 17.2. The third-order valence-electron chi connectivity index (χ3n) is 5.00.